The summed E-state index contributed by atoms with van der Waals surface area (Å²) in [5.41, 5.74) is 0. The molecule has 362 valence electrons. The summed E-state index contributed by atoms with van der Waals surface area (Å²) in [5, 5.41) is 0. The van der Waals surface area contributed by atoms with Gasteiger partial charge in [-0.05, 0) is 64.2 Å². The first-order valence-corrected chi connectivity index (χ1v) is 26.5. The molecule has 6 heteroatoms. The summed E-state index contributed by atoms with van der Waals surface area (Å²) < 4.78 is 16.7. The Kier molecular flexibility index (Phi) is 48.9. The summed E-state index contributed by atoms with van der Waals surface area (Å²) in [4.78, 5) is 38.0. The minimum absolute atomic E-state index is 0.103. The number of rotatable bonds is 47. The molecule has 0 aliphatic rings. The molecule has 0 saturated carbocycles. The van der Waals surface area contributed by atoms with Gasteiger partial charge in [-0.2, -0.15) is 0 Å². The van der Waals surface area contributed by atoms with E-state index in [0.717, 1.165) is 77.0 Å². The normalized spacial score (nSPS) is 12.6. The molecule has 0 aromatic heterocycles. The van der Waals surface area contributed by atoms with Gasteiger partial charge >= 0.3 is 17.9 Å². The molecule has 0 spiro atoms. The van der Waals surface area contributed by atoms with Crippen LogP contribution in [-0.2, 0) is 28.6 Å². The molecule has 0 heterocycles. The molecular weight excluding hydrogens is 781 g/mol. The summed E-state index contributed by atoms with van der Waals surface area (Å²) in [7, 11) is 0. The van der Waals surface area contributed by atoms with Gasteiger partial charge < -0.3 is 14.2 Å². The van der Waals surface area contributed by atoms with E-state index >= 15 is 0 Å². The molecule has 0 saturated heterocycles. The van der Waals surface area contributed by atoms with Crippen LogP contribution in [-0.4, -0.2) is 37.2 Å². The quantitative estimate of drug-likeness (QED) is 0.0199. The average Bonchev–Trinajstić information content (AvgIpc) is 3.28. The third-order valence-corrected chi connectivity index (χ3v) is 11.3. The number of carbonyl (C=O) groups is 3. The summed E-state index contributed by atoms with van der Waals surface area (Å²) in [5.74, 6) is -0.989. The first-order chi connectivity index (χ1) is 31.0. The molecule has 0 rings (SSSR count). The highest BCUT2D eigenvalue weighted by Gasteiger charge is 2.19. The smallest absolute Gasteiger partial charge is 0.306 e. The fraction of sp³-hybridized carbons (Fsp3) is 0.737. The average molecular weight is 879 g/mol. The maximum absolute atomic E-state index is 12.8. The first-order valence-electron chi connectivity index (χ1n) is 26.5. The second-order valence-electron chi connectivity index (χ2n) is 17.5. The molecule has 0 aromatic rings. The van der Waals surface area contributed by atoms with E-state index in [2.05, 4.69) is 87.6 Å². The molecule has 0 fully saturated rings. The minimum Gasteiger partial charge on any atom is -0.462 e. The first kappa shape index (κ1) is 59.9. The van der Waals surface area contributed by atoms with Crippen molar-refractivity contribution in [2.75, 3.05) is 13.2 Å². The van der Waals surface area contributed by atoms with Crippen molar-refractivity contribution < 1.29 is 28.6 Å². The fourth-order valence-corrected chi connectivity index (χ4v) is 7.27. The zero-order valence-electron chi connectivity index (χ0n) is 41.3. The van der Waals surface area contributed by atoms with E-state index in [4.69, 9.17) is 14.2 Å². The lowest BCUT2D eigenvalue weighted by Crippen LogP contribution is -2.30. The van der Waals surface area contributed by atoms with Crippen molar-refractivity contribution in [1.82, 2.24) is 0 Å². The number of carbonyl (C=O) groups excluding carboxylic acids is 3. The van der Waals surface area contributed by atoms with Gasteiger partial charge in [-0.15, -0.1) is 0 Å². The molecule has 0 N–H and O–H groups in total. The number of hydrogen-bond donors (Lipinski definition) is 0. The van der Waals surface area contributed by atoms with Gasteiger partial charge in [-0.1, -0.05) is 241 Å². The number of hydrogen-bond acceptors (Lipinski definition) is 6. The molecule has 0 aromatic carbocycles. The molecule has 63 heavy (non-hydrogen) atoms. The highest BCUT2D eigenvalue weighted by Crippen LogP contribution is 2.15. The topological polar surface area (TPSA) is 78.9 Å². The lowest BCUT2D eigenvalue weighted by molar-refractivity contribution is -0.166. The number of ether oxygens (including phenoxy) is 3. The van der Waals surface area contributed by atoms with Crippen LogP contribution in [0.2, 0.25) is 0 Å². The monoisotopic (exact) mass is 879 g/mol. The Hall–Kier alpha value is -3.15. The van der Waals surface area contributed by atoms with Crippen LogP contribution >= 0.6 is 0 Å². The van der Waals surface area contributed by atoms with Crippen LogP contribution < -0.4 is 0 Å². The van der Waals surface area contributed by atoms with Crippen molar-refractivity contribution in [3.05, 3.63) is 72.9 Å². The molecular formula is C57H98O6. The van der Waals surface area contributed by atoms with Crippen LogP contribution in [0.3, 0.4) is 0 Å². The van der Waals surface area contributed by atoms with E-state index in [0.29, 0.717) is 19.3 Å². The van der Waals surface area contributed by atoms with E-state index in [1.165, 1.54) is 128 Å². The van der Waals surface area contributed by atoms with Crippen molar-refractivity contribution in [1.29, 1.82) is 0 Å². The van der Waals surface area contributed by atoms with Gasteiger partial charge in [0, 0.05) is 19.3 Å². The van der Waals surface area contributed by atoms with Gasteiger partial charge in [0.25, 0.3) is 0 Å². The van der Waals surface area contributed by atoms with Gasteiger partial charge in [-0.25, -0.2) is 0 Å². The Labute approximate surface area is 389 Å². The van der Waals surface area contributed by atoms with Crippen LogP contribution in [0.25, 0.3) is 0 Å². The third kappa shape index (κ3) is 49.7. The van der Waals surface area contributed by atoms with E-state index in [-0.39, 0.29) is 37.5 Å². The molecule has 0 amide bonds. The predicted octanol–water partition coefficient (Wildman–Crippen LogP) is 17.4. The molecule has 0 aliphatic carbocycles. The molecule has 0 bridgehead atoms. The van der Waals surface area contributed by atoms with E-state index in [1.54, 1.807) is 0 Å². The zero-order chi connectivity index (χ0) is 45.8. The highest BCUT2D eigenvalue weighted by molar-refractivity contribution is 5.71. The van der Waals surface area contributed by atoms with Crippen LogP contribution in [0.5, 0.6) is 0 Å². The van der Waals surface area contributed by atoms with Gasteiger partial charge in [0.05, 0.1) is 0 Å². The maximum atomic E-state index is 12.8. The summed E-state index contributed by atoms with van der Waals surface area (Å²) in [6, 6.07) is 0. The van der Waals surface area contributed by atoms with Crippen molar-refractivity contribution in [2.24, 2.45) is 0 Å². The van der Waals surface area contributed by atoms with Crippen LogP contribution in [0.15, 0.2) is 72.9 Å². The third-order valence-electron chi connectivity index (χ3n) is 11.3. The van der Waals surface area contributed by atoms with Crippen LogP contribution in [0, 0.1) is 0 Å². The SMILES string of the molecule is CCCCC\C=C/C=C\C=C/C=C\CCCCCCCC(=O)OCC(COC(=O)CC/C=C\C/C=C\CCCCCCCC)OC(=O)CCCCCCCCCCCCCCCC. The second-order valence-corrected chi connectivity index (χ2v) is 17.5. The summed E-state index contributed by atoms with van der Waals surface area (Å²) >= 11 is 0. The van der Waals surface area contributed by atoms with Gasteiger partial charge in [0.1, 0.15) is 13.2 Å². The van der Waals surface area contributed by atoms with Crippen molar-refractivity contribution in [2.45, 2.75) is 258 Å². The Balaban J connectivity index is 4.47. The van der Waals surface area contributed by atoms with Gasteiger partial charge in [-0.3, -0.25) is 14.4 Å². The maximum Gasteiger partial charge on any atom is 0.306 e. The van der Waals surface area contributed by atoms with Crippen molar-refractivity contribution >= 4 is 17.9 Å². The number of esters is 3. The van der Waals surface area contributed by atoms with Crippen molar-refractivity contribution in [3.8, 4) is 0 Å². The fourth-order valence-electron chi connectivity index (χ4n) is 7.27. The van der Waals surface area contributed by atoms with E-state index in [9.17, 15) is 14.4 Å². The molecule has 0 aliphatic heterocycles. The Morgan fingerprint density at radius 2 is 0.667 bits per heavy atom. The van der Waals surface area contributed by atoms with E-state index in [1.807, 2.05) is 6.08 Å². The molecule has 1 unspecified atom stereocenters. The Bertz CT molecular complexity index is 1190. The predicted molar refractivity (Wildman–Crippen MR) is 270 cm³/mol. The van der Waals surface area contributed by atoms with E-state index < -0.39 is 6.10 Å². The molecule has 6 nitrogen and oxygen atoms in total. The standard InChI is InChI=1S/C57H98O6/c1-4-7-10-13-16-19-22-25-27-28-29-30-33-35-38-41-44-47-50-56(59)62-53-54(52-61-55(58)49-46-43-40-37-34-31-24-21-18-15-12-9-6-3)63-57(60)51-48-45-42-39-36-32-26-23-20-17-14-11-8-5-2/h16,19,22,25,27-31,34,40,43,54H,4-15,17-18,20-21,23-24,26,32-33,35-39,41-42,44-53H2,1-3H3/b19-16-,25-22-,28-27-,30-29-,34-31-,43-40-. The summed E-state index contributed by atoms with van der Waals surface area (Å²) in [6.45, 7) is 6.53. The Morgan fingerprint density at radius 1 is 0.333 bits per heavy atom. The number of unbranched alkanes of at least 4 members (excludes halogenated alkanes) is 27. The Morgan fingerprint density at radius 3 is 1.14 bits per heavy atom. The minimum atomic E-state index is -0.805. The van der Waals surface area contributed by atoms with Crippen LogP contribution in [0.1, 0.15) is 252 Å². The second kappa shape index (κ2) is 51.5. The largest absolute Gasteiger partial charge is 0.462 e. The summed E-state index contributed by atoms with van der Waals surface area (Å²) in [6.07, 6.45) is 64.6. The lowest BCUT2D eigenvalue weighted by atomic mass is 10.0. The molecule has 0 radical (unpaired) electrons. The van der Waals surface area contributed by atoms with Gasteiger partial charge in [0.15, 0.2) is 6.10 Å². The van der Waals surface area contributed by atoms with Crippen molar-refractivity contribution in [3.63, 3.8) is 0 Å². The lowest BCUT2D eigenvalue weighted by Gasteiger charge is -2.18. The zero-order valence-corrected chi connectivity index (χ0v) is 41.3. The number of allylic oxidation sites excluding steroid dienone is 12. The molecule has 1 atom stereocenters. The highest BCUT2D eigenvalue weighted by atomic mass is 16.6. The van der Waals surface area contributed by atoms with Crippen LogP contribution in [0.4, 0.5) is 0 Å². The van der Waals surface area contributed by atoms with Gasteiger partial charge in [0.2, 0.25) is 0 Å².